The molecule has 248 valence electrons. The standard InChI is InChI=1S/C32H38FN9O5/c1-20-16-21(4-5-22(20)33)17-36-26(44)24-25(43)28(46)42-19-31(41-14-12-40(13-15-41)23-18-34-10-11-35-23)6-8-32(9-7-31,30(42)37-24)38-27(45)29(47)39(2)3/h4-5,10-11,16,18,43H,6-9,12-15,17,19H2,1-3H3,(H,36,44)(H,38,45). The van der Waals surface area contributed by atoms with Crippen molar-refractivity contribution in [3.8, 4) is 5.75 Å². The van der Waals surface area contributed by atoms with Gasteiger partial charge in [0.05, 0.1) is 11.7 Å². The van der Waals surface area contributed by atoms with E-state index in [1.807, 2.05) is 0 Å². The fourth-order valence-corrected chi connectivity index (χ4v) is 7.05. The van der Waals surface area contributed by atoms with E-state index in [1.54, 1.807) is 31.6 Å². The molecule has 2 aromatic heterocycles. The Bertz CT molecular complexity index is 1760. The van der Waals surface area contributed by atoms with Gasteiger partial charge in [-0.1, -0.05) is 12.1 Å². The maximum absolute atomic E-state index is 13.9. The van der Waals surface area contributed by atoms with Gasteiger partial charge in [0.2, 0.25) is 5.75 Å². The third-order valence-corrected chi connectivity index (χ3v) is 9.73. The van der Waals surface area contributed by atoms with Crippen LogP contribution >= 0.6 is 0 Å². The van der Waals surface area contributed by atoms with E-state index in [0.717, 1.165) is 5.82 Å². The Morgan fingerprint density at radius 1 is 1.06 bits per heavy atom. The van der Waals surface area contributed by atoms with Crippen molar-refractivity contribution in [3.63, 3.8) is 0 Å². The van der Waals surface area contributed by atoms with Crippen LogP contribution in [0.5, 0.6) is 5.75 Å². The van der Waals surface area contributed by atoms with Gasteiger partial charge in [0.1, 0.15) is 17.5 Å². The van der Waals surface area contributed by atoms with E-state index in [0.29, 0.717) is 63.0 Å². The van der Waals surface area contributed by atoms with Gasteiger partial charge in [-0.3, -0.25) is 33.6 Å². The monoisotopic (exact) mass is 647 g/mol. The van der Waals surface area contributed by atoms with Crippen LogP contribution in [0.3, 0.4) is 0 Å². The molecule has 0 radical (unpaired) electrons. The number of aryl methyl sites for hydroxylation is 1. The smallest absolute Gasteiger partial charge is 0.311 e. The number of hydrogen-bond donors (Lipinski definition) is 3. The molecule has 3 aromatic rings. The van der Waals surface area contributed by atoms with Gasteiger partial charge in [0.25, 0.3) is 11.5 Å². The predicted molar refractivity (Wildman–Crippen MR) is 168 cm³/mol. The highest BCUT2D eigenvalue weighted by molar-refractivity contribution is 6.35. The van der Waals surface area contributed by atoms with Crippen LogP contribution < -0.4 is 21.1 Å². The lowest BCUT2D eigenvalue weighted by Gasteiger charge is -2.51. The number of fused-ring (bicyclic) bond motifs is 2. The number of nitrogens with one attached hydrogen (secondary N) is 2. The molecule has 3 aliphatic heterocycles. The molecule has 2 bridgehead atoms. The topological polar surface area (TPSA) is 166 Å². The molecule has 2 fully saturated rings. The molecule has 5 heterocycles. The number of carbonyl (C=O) groups excluding carboxylic acids is 3. The number of nitrogens with zero attached hydrogens (tertiary/aromatic N) is 7. The van der Waals surface area contributed by atoms with Gasteiger partial charge in [0, 0.05) is 71.3 Å². The summed E-state index contributed by atoms with van der Waals surface area (Å²) in [6.07, 6.45) is 6.87. The van der Waals surface area contributed by atoms with E-state index in [2.05, 4.69) is 35.4 Å². The van der Waals surface area contributed by atoms with Crippen LogP contribution in [0.1, 0.15) is 53.1 Å². The summed E-state index contributed by atoms with van der Waals surface area (Å²) in [6.45, 7) is 4.54. The Morgan fingerprint density at radius 3 is 2.43 bits per heavy atom. The number of piperazine rings is 1. The largest absolute Gasteiger partial charge is 0.501 e. The zero-order valence-electron chi connectivity index (χ0n) is 26.6. The average Bonchev–Trinajstić information content (AvgIpc) is 3.30. The van der Waals surface area contributed by atoms with Crippen molar-refractivity contribution in [1.82, 2.24) is 40.0 Å². The van der Waals surface area contributed by atoms with E-state index >= 15 is 0 Å². The maximum atomic E-state index is 13.9. The molecule has 14 nitrogen and oxygen atoms in total. The number of benzene rings is 1. The van der Waals surface area contributed by atoms with E-state index in [9.17, 15) is 28.7 Å². The number of halogens is 1. The predicted octanol–water partition coefficient (Wildman–Crippen LogP) is 0.665. The Kier molecular flexibility index (Phi) is 8.42. The first-order valence-electron chi connectivity index (χ1n) is 15.6. The van der Waals surface area contributed by atoms with E-state index in [4.69, 9.17) is 0 Å². The van der Waals surface area contributed by atoms with Crippen molar-refractivity contribution in [3.05, 3.63) is 75.6 Å². The number of likely N-dealkylation sites (N-methyl/N-ethyl adjacent to an activating group) is 1. The van der Waals surface area contributed by atoms with Crippen molar-refractivity contribution in [2.24, 2.45) is 0 Å². The van der Waals surface area contributed by atoms with Crippen molar-refractivity contribution >= 4 is 23.5 Å². The summed E-state index contributed by atoms with van der Waals surface area (Å²) >= 11 is 0. The molecule has 0 atom stereocenters. The summed E-state index contributed by atoms with van der Waals surface area (Å²) in [6, 6.07) is 4.41. The zero-order valence-corrected chi connectivity index (χ0v) is 26.6. The Labute approximate surface area is 270 Å². The number of rotatable bonds is 6. The maximum Gasteiger partial charge on any atom is 0.311 e. The second kappa shape index (κ2) is 12.4. The van der Waals surface area contributed by atoms with Crippen LogP contribution in [0.4, 0.5) is 10.2 Å². The molecule has 7 rings (SSSR count). The first-order valence-corrected chi connectivity index (χ1v) is 15.6. The average molecular weight is 648 g/mol. The molecule has 1 saturated heterocycles. The number of amides is 3. The van der Waals surface area contributed by atoms with Crippen molar-refractivity contribution in [2.45, 2.75) is 56.8 Å². The van der Waals surface area contributed by atoms with Crippen LogP contribution in [-0.2, 0) is 28.2 Å². The summed E-state index contributed by atoms with van der Waals surface area (Å²) in [7, 11) is 2.94. The third-order valence-electron chi connectivity index (χ3n) is 9.73. The molecule has 0 spiro atoms. The molecule has 0 unspecified atom stereocenters. The molecule has 47 heavy (non-hydrogen) atoms. The summed E-state index contributed by atoms with van der Waals surface area (Å²) < 4.78 is 15.1. The lowest BCUT2D eigenvalue weighted by Crippen LogP contribution is -2.61. The number of hydrogen-bond acceptors (Lipinski definition) is 10. The molecule has 4 aliphatic rings. The number of aromatic nitrogens is 4. The first kappa shape index (κ1) is 32.0. The summed E-state index contributed by atoms with van der Waals surface area (Å²) in [4.78, 5) is 72.0. The van der Waals surface area contributed by atoms with Crippen molar-refractivity contribution in [2.75, 3.05) is 45.2 Å². The van der Waals surface area contributed by atoms with Crippen molar-refractivity contribution in [1.29, 1.82) is 0 Å². The van der Waals surface area contributed by atoms with Crippen LogP contribution in [0.15, 0.2) is 41.6 Å². The summed E-state index contributed by atoms with van der Waals surface area (Å²) in [5, 5.41) is 16.6. The normalized spacial score (nSPS) is 22.3. The fraction of sp³-hybridized carbons (Fsp3) is 0.469. The molecule has 3 N–H and O–H groups in total. The molecule has 1 aliphatic carbocycles. The minimum absolute atomic E-state index is 0.00234. The molecule has 1 aromatic carbocycles. The third kappa shape index (κ3) is 5.90. The molecule has 1 saturated carbocycles. The van der Waals surface area contributed by atoms with Gasteiger partial charge in [-0.15, -0.1) is 0 Å². The quantitative estimate of drug-likeness (QED) is 0.324. The zero-order chi connectivity index (χ0) is 33.5. The van der Waals surface area contributed by atoms with Crippen LogP contribution in [0, 0.1) is 12.7 Å². The SMILES string of the molecule is Cc1cc(CNC(=O)c2nc3n(c(=O)c2O)CC2(N4CCN(c5cnccn5)CC4)CCC3(NC(=O)C(=O)N(C)C)CC2)ccc1F. The lowest BCUT2D eigenvalue weighted by molar-refractivity contribution is -0.145. The first-order chi connectivity index (χ1) is 22.4. The van der Waals surface area contributed by atoms with Crippen LogP contribution in [0.25, 0.3) is 0 Å². The lowest BCUT2D eigenvalue weighted by atomic mass is 9.72. The Hall–Kier alpha value is -4.92. The number of aromatic hydroxyl groups is 1. The highest BCUT2D eigenvalue weighted by Crippen LogP contribution is 2.48. The highest BCUT2D eigenvalue weighted by Gasteiger charge is 2.54. The molecular weight excluding hydrogens is 609 g/mol. The summed E-state index contributed by atoms with van der Waals surface area (Å²) in [5.74, 6) is -2.69. The molecule has 15 heteroatoms. The van der Waals surface area contributed by atoms with Crippen molar-refractivity contribution < 1.29 is 23.9 Å². The van der Waals surface area contributed by atoms with Gasteiger partial charge < -0.3 is 25.5 Å². The van der Waals surface area contributed by atoms with Crippen LogP contribution in [0.2, 0.25) is 0 Å². The van der Waals surface area contributed by atoms with Gasteiger partial charge in [0.15, 0.2) is 5.69 Å². The fourth-order valence-electron chi connectivity index (χ4n) is 7.05. The van der Waals surface area contributed by atoms with Gasteiger partial charge >= 0.3 is 11.8 Å². The van der Waals surface area contributed by atoms with Crippen LogP contribution in [-0.4, -0.2) is 98.0 Å². The van der Waals surface area contributed by atoms with E-state index in [1.165, 1.54) is 35.7 Å². The minimum atomic E-state index is -1.24. The van der Waals surface area contributed by atoms with Gasteiger partial charge in [-0.05, 0) is 49.8 Å². The molecule has 3 amide bonds. The van der Waals surface area contributed by atoms with E-state index in [-0.39, 0.29) is 24.7 Å². The second-order valence-corrected chi connectivity index (χ2v) is 12.8. The number of carbonyl (C=O) groups is 3. The Morgan fingerprint density at radius 2 is 1.79 bits per heavy atom. The number of anilines is 1. The van der Waals surface area contributed by atoms with E-state index < -0.39 is 45.8 Å². The molecular formula is C32H38FN9O5. The Balaban J connectivity index is 1.33. The second-order valence-electron chi connectivity index (χ2n) is 12.8. The van der Waals surface area contributed by atoms with Gasteiger partial charge in [-0.2, -0.15) is 0 Å². The highest BCUT2D eigenvalue weighted by atomic mass is 19.1. The minimum Gasteiger partial charge on any atom is -0.501 e. The van der Waals surface area contributed by atoms with Gasteiger partial charge in [-0.25, -0.2) is 14.4 Å². The summed E-state index contributed by atoms with van der Waals surface area (Å²) in [5.41, 5.74) is -1.99.